The van der Waals surface area contributed by atoms with Gasteiger partial charge in [-0.25, -0.2) is 4.79 Å². The third-order valence-electron chi connectivity index (χ3n) is 4.32. The van der Waals surface area contributed by atoms with Crippen molar-refractivity contribution in [2.45, 2.75) is 31.3 Å². The monoisotopic (exact) mass is 298 g/mol. The molecule has 3 saturated heterocycles. The maximum atomic E-state index is 12.4. The minimum absolute atomic E-state index is 0.119. The zero-order valence-corrected chi connectivity index (χ0v) is 12.1. The van der Waals surface area contributed by atoms with E-state index in [0.29, 0.717) is 32.3 Å². The van der Waals surface area contributed by atoms with Gasteiger partial charge in [-0.2, -0.15) is 0 Å². The number of carbonyl (C=O) groups is 2. The molecular weight excluding hydrogens is 276 g/mol. The maximum Gasteiger partial charge on any atom is 0.410 e. The number of nitrogens with zero attached hydrogens (tertiary/aromatic N) is 1. The fourth-order valence-corrected chi connectivity index (χ4v) is 3.01. The lowest BCUT2D eigenvalue weighted by atomic mass is 10.1. The van der Waals surface area contributed by atoms with E-state index in [0.717, 1.165) is 25.9 Å². The van der Waals surface area contributed by atoms with Crippen molar-refractivity contribution < 1.29 is 23.8 Å². The molecule has 0 radical (unpaired) electrons. The molecule has 3 aliphatic rings. The fourth-order valence-electron chi connectivity index (χ4n) is 3.01. The topological polar surface area (TPSA) is 77.1 Å². The molecule has 21 heavy (non-hydrogen) atoms. The lowest BCUT2D eigenvalue weighted by Crippen LogP contribution is -2.51. The standard InChI is InChI=1S/C14H22N2O5/c17-13(15-11-2-5-19-6-3-11)12-9-21-14(18)16(12)7-10-1-4-20-8-10/h10-12H,1-9H2,(H,15,17)/t10?,12-/m0/s1. The SMILES string of the molecule is O=C(NC1CCOCC1)[C@@H]1COC(=O)N1CC1CCOC1. The van der Waals surface area contributed by atoms with Crippen LogP contribution >= 0.6 is 0 Å². The molecule has 0 bridgehead atoms. The van der Waals surface area contributed by atoms with Crippen molar-refractivity contribution in [2.24, 2.45) is 5.92 Å². The van der Waals surface area contributed by atoms with Gasteiger partial charge in [-0.05, 0) is 19.3 Å². The van der Waals surface area contributed by atoms with Crippen molar-refractivity contribution in [2.75, 3.05) is 39.6 Å². The molecule has 7 nitrogen and oxygen atoms in total. The van der Waals surface area contributed by atoms with Gasteiger partial charge in [0.1, 0.15) is 12.6 Å². The summed E-state index contributed by atoms with van der Waals surface area (Å²) in [4.78, 5) is 25.8. The number of nitrogens with one attached hydrogen (secondary N) is 1. The number of hydrogen-bond donors (Lipinski definition) is 1. The molecule has 0 aliphatic carbocycles. The Kier molecular flexibility index (Phi) is 4.60. The lowest BCUT2D eigenvalue weighted by Gasteiger charge is -2.27. The predicted molar refractivity (Wildman–Crippen MR) is 72.8 cm³/mol. The van der Waals surface area contributed by atoms with Gasteiger partial charge in [-0.15, -0.1) is 0 Å². The summed E-state index contributed by atoms with van der Waals surface area (Å²) < 4.78 is 15.7. The second kappa shape index (κ2) is 6.62. The van der Waals surface area contributed by atoms with Crippen LogP contribution in [0.4, 0.5) is 4.79 Å². The molecule has 7 heteroatoms. The summed E-state index contributed by atoms with van der Waals surface area (Å²) in [6.07, 6.45) is 2.18. The van der Waals surface area contributed by atoms with Crippen LogP contribution in [-0.4, -0.2) is 68.6 Å². The van der Waals surface area contributed by atoms with Crippen molar-refractivity contribution in [3.8, 4) is 0 Å². The highest BCUT2D eigenvalue weighted by molar-refractivity contribution is 5.88. The summed E-state index contributed by atoms with van der Waals surface area (Å²) in [6.45, 7) is 3.40. The van der Waals surface area contributed by atoms with E-state index in [1.807, 2.05) is 0 Å². The van der Waals surface area contributed by atoms with E-state index in [2.05, 4.69) is 5.32 Å². The van der Waals surface area contributed by atoms with Crippen molar-refractivity contribution in [3.63, 3.8) is 0 Å². The van der Waals surface area contributed by atoms with E-state index >= 15 is 0 Å². The first-order chi connectivity index (χ1) is 10.2. The van der Waals surface area contributed by atoms with Crippen LogP contribution in [0.25, 0.3) is 0 Å². The largest absolute Gasteiger partial charge is 0.447 e. The van der Waals surface area contributed by atoms with Crippen LogP contribution in [0.3, 0.4) is 0 Å². The van der Waals surface area contributed by atoms with Crippen LogP contribution in [0.1, 0.15) is 19.3 Å². The van der Waals surface area contributed by atoms with Crippen molar-refractivity contribution >= 4 is 12.0 Å². The zero-order chi connectivity index (χ0) is 14.7. The Balaban J connectivity index is 1.56. The highest BCUT2D eigenvalue weighted by Crippen LogP contribution is 2.20. The number of ether oxygens (including phenoxy) is 3. The third-order valence-corrected chi connectivity index (χ3v) is 4.32. The van der Waals surface area contributed by atoms with Gasteiger partial charge in [0.05, 0.1) is 6.61 Å². The number of rotatable bonds is 4. The van der Waals surface area contributed by atoms with E-state index in [9.17, 15) is 9.59 Å². The number of hydrogen-bond acceptors (Lipinski definition) is 5. The van der Waals surface area contributed by atoms with Crippen LogP contribution in [-0.2, 0) is 19.0 Å². The van der Waals surface area contributed by atoms with Gasteiger partial charge in [-0.3, -0.25) is 9.69 Å². The molecule has 3 heterocycles. The molecule has 0 aromatic carbocycles. The van der Waals surface area contributed by atoms with Gasteiger partial charge < -0.3 is 19.5 Å². The summed E-state index contributed by atoms with van der Waals surface area (Å²) in [7, 11) is 0. The highest BCUT2D eigenvalue weighted by Gasteiger charge is 2.40. The summed E-state index contributed by atoms with van der Waals surface area (Å²) >= 11 is 0. The molecule has 0 saturated carbocycles. The molecule has 2 atom stereocenters. The Bertz CT molecular complexity index is 391. The minimum Gasteiger partial charge on any atom is -0.447 e. The van der Waals surface area contributed by atoms with Gasteiger partial charge in [0, 0.05) is 38.3 Å². The Morgan fingerprint density at radius 3 is 2.62 bits per heavy atom. The summed E-state index contributed by atoms with van der Waals surface area (Å²) in [6, 6.07) is -0.375. The molecule has 3 aliphatic heterocycles. The minimum atomic E-state index is -0.513. The van der Waals surface area contributed by atoms with Crippen LogP contribution in [0.2, 0.25) is 0 Å². The Morgan fingerprint density at radius 2 is 1.90 bits per heavy atom. The summed E-state index contributed by atoms with van der Waals surface area (Å²) in [5, 5.41) is 3.01. The van der Waals surface area contributed by atoms with E-state index < -0.39 is 12.1 Å². The highest BCUT2D eigenvalue weighted by atomic mass is 16.6. The summed E-state index contributed by atoms with van der Waals surface area (Å²) in [5.41, 5.74) is 0. The van der Waals surface area contributed by atoms with E-state index in [1.54, 1.807) is 4.90 Å². The molecule has 0 aromatic rings. The summed E-state index contributed by atoms with van der Waals surface area (Å²) in [5.74, 6) is 0.181. The second-order valence-electron chi connectivity index (χ2n) is 5.87. The van der Waals surface area contributed by atoms with E-state index in [1.165, 1.54) is 0 Å². The first kappa shape index (κ1) is 14.6. The van der Waals surface area contributed by atoms with Crippen LogP contribution in [0.15, 0.2) is 0 Å². The average molecular weight is 298 g/mol. The first-order valence-corrected chi connectivity index (χ1v) is 7.63. The van der Waals surface area contributed by atoms with Crippen LogP contribution in [0, 0.1) is 5.92 Å². The molecule has 3 fully saturated rings. The average Bonchev–Trinajstić information content (AvgIpc) is 3.12. The Morgan fingerprint density at radius 1 is 1.14 bits per heavy atom. The third kappa shape index (κ3) is 3.47. The van der Waals surface area contributed by atoms with Crippen molar-refractivity contribution in [1.29, 1.82) is 0 Å². The van der Waals surface area contributed by atoms with Crippen LogP contribution < -0.4 is 5.32 Å². The van der Waals surface area contributed by atoms with Crippen molar-refractivity contribution in [1.82, 2.24) is 10.2 Å². The molecule has 2 amide bonds. The number of amides is 2. The van der Waals surface area contributed by atoms with Gasteiger partial charge in [0.15, 0.2) is 0 Å². The van der Waals surface area contributed by atoms with Gasteiger partial charge in [-0.1, -0.05) is 0 Å². The van der Waals surface area contributed by atoms with Crippen LogP contribution in [0.5, 0.6) is 0 Å². The Labute approximate surface area is 123 Å². The molecule has 1 N–H and O–H groups in total. The van der Waals surface area contributed by atoms with Crippen molar-refractivity contribution in [3.05, 3.63) is 0 Å². The fraction of sp³-hybridized carbons (Fsp3) is 0.857. The maximum absolute atomic E-state index is 12.4. The molecule has 1 unspecified atom stereocenters. The lowest BCUT2D eigenvalue weighted by molar-refractivity contribution is -0.126. The van der Waals surface area contributed by atoms with E-state index in [-0.39, 0.29) is 18.6 Å². The first-order valence-electron chi connectivity index (χ1n) is 7.63. The van der Waals surface area contributed by atoms with E-state index in [4.69, 9.17) is 14.2 Å². The molecule has 0 spiro atoms. The van der Waals surface area contributed by atoms with Gasteiger partial charge in [0.2, 0.25) is 5.91 Å². The molecule has 0 aromatic heterocycles. The van der Waals surface area contributed by atoms with Gasteiger partial charge >= 0.3 is 6.09 Å². The normalized spacial score (nSPS) is 30.5. The number of carbonyl (C=O) groups excluding carboxylic acids is 2. The Hall–Kier alpha value is -1.34. The quantitative estimate of drug-likeness (QED) is 0.799. The molecule has 118 valence electrons. The molecule has 3 rings (SSSR count). The second-order valence-corrected chi connectivity index (χ2v) is 5.87. The smallest absolute Gasteiger partial charge is 0.410 e. The number of cyclic esters (lactones) is 1. The zero-order valence-electron chi connectivity index (χ0n) is 12.1. The van der Waals surface area contributed by atoms with Gasteiger partial charge in [0.25, 0.3) is 0 Å². The molecular formula is C14H22N2O5. The predicted octanol–water partition coefficient (Wildman–Crippen LogP) is 0.139.